The summed E-state index contributed by atoms with van der Waals surface area (Å²) in [5, 5.41) is 8.26. The van der Waals surface area contributed by atoms with Gasteiger partial charge in [-0.05, 0) is 14.0 Å². The van der Waals surface area contributed by atoms with Crippen LogP contribution in [0.2, 0.25) is 0 Å². The molecule has 0 aliphatic heterocycles. The first-order valence-electron chi connectivity index (χ1n) is 3.43. The van der Waals surface area contributed by atoms with Gasteiger partial charge in [-0.2, -0.15) is 5.26 Å². The topological polar surface area (TPSA) is 27.0 Å². The van der Waals surface area contributed by atoms with Crippen LogP contribution in [0, 0.1) is 11.3 Å². The summed E-state index contributed by atoms with van der Waals surface area (Å²) in [6.07, 6.45) is -2.02. The van der Waals surface area contributed by atoms with Crippen molar-refractivity contribution in [2.24, 2.45) is 0 Å². The summed E-state index contributed by atoms with van der Waals surface area (Å²) >= 11 is 0. The molecule has 0 N–H and O–H groups in total. The maximum Gasteiger partial charge on any atom is 0.251 e. The summed E-state index contributed by atoms with van der Waals surface area (Å²) in [5.74, 6) is 0. The fourth-order valence-electron chi connectivity index (χ4n) is 0.686. The Morgan fingerprint density at radius 2 is 2.09 bits per heavy atom. The van der Waals surface area contributed by atoms with E-state index < -0.39 is 6.43 Å². The van der Waals surface area contributed by atoms with Crippen LogP contribution in [0.4, 0.5) is 8.78 Å². The molecule has 0 aromatic heterocycles. The van der Waals surface area contributed by atoms with Crippen molar-refractivity contribution in [1.29, 1.82) is 5.26 Å². The van der Waals surface area contributed by atoms with Crippen molar-refractivity contribution in [2.45, 2.75) is 25.8 Å². The zero-order valence-corrected chi connectivity index (χ0v) is 6.72. The van der Waals surface area contributed by atoms with E-state index >= 15 is 0 Å². The molecule has 64 valence electrons. The number of alkyl halides is 2. The quantitative estimate of drug-likeness (QED) is 0.626. The van der Waals surface area contributed by atoms with Crippen molar-refractivity contribution in [3.8, 4) is 6.07 Å². The van der Waals surface area contributed by atoms with Crippen LogP contribution in [0.25, 0.3) is 0 Å². The molecule has 0 amide bonds. The third-order valence-electron chi connectivity index (χ3n) is 1.57. The van der Waals surface area contributed by atoms with Crippen molar-refractivity contribution in [1.82, 2.24) is 4.90 Å². The highest BCUT2D eigenvalue weighted by molar-refractivity contribution is 4.78. The number of rotatable bonds is 4. The van der Waals surface area contributed by atoms with Gasteiger partial charge in [-0.1, -0.05) is 0 Å². The number of halogens is 2. The second kappa shape index (κ2) is 5.03. The van der Waals surface area contributed by atoms with Crippen LogP contribution in [-0.2, 0) is 0 Å². The summed E-state index contributed by atoms with van der Waals surface area (Å²) in [6.45, 7) is 1.49. The maximum atomic E-state index is 11.8. The predicted octanol–water partition coefficient (Wildman–Crippen LogP) is 1.49. The van der Waals surface area contributed by atoms with Crippen molar-refractivity contribution >= 4 is 0 Å². The molecule has 0 aliphatic carbocycles. The van der Waals surface area contributed by atoms with Crippen LogP contribution in [0.3, 0.4) is 0 Å². The van der Waals surface area contributed by atoms with E-state index in [4.69, 9.17) is 5.26 Å². The maximum absolute atomic E-state index is 11.8. The largest absolute Gasteiger partial charge is 0.297 e. The van der Waals surface area contributed by atoms with E-state index in [1.54, 1.807) is 14.0 Å². The fraction of sp³-hybridized carbons (Fsp3) is 0.857. The van der Waals surface area contributed by atoms with Gasteiger partial charge >= 0.3 is 0 Å². The molecule has 0 aliphatic rings. The number of nitriles is 1. The Kier molecular flexibility index (Phi) is 4.71. The van der Waals surface area contributed by atoms with Crippen LogP contribution < -0.4 is 0 Å². The van der Waals surface area contributed by atoms with Crippen LogP contribution in [0.15, 0.2) is 0 Å². The van der Waals surface area contributed by atoms with Crippen LogP contribution in [0.1, 0.15) is 13.3 Å². The summed E-state index contributed by atoms with van der Waals surface area (Å²) in [7, 11) is 1.59. The van der Waals surface area contributed by atoms with E-state index in [1.807, 2.05) is 6.07 Å². The van der Waals surface area contributed by atoms with E-state index in [0.717, 1.165) is 0 Å². The Morgan fingerprint density at radius 3 is 2.45 bits per heavy atom. The smallest absolute Gasteiger partial charge is 0.251 e. The minimum absolute atomic E-state index is 0.0889. The third kappa shape index (κ3) is 4.68. The van der Waals surface area contributed by atoms with Gasteiger partial charge < -0.3 is 0 Å². The number of nitrogens with zero attached hydrogens (tertiary/aromatic N) is 2. The molecular formula is C7H12F2N2. The standard InChI is InChI=1S/C7H12F2N2/c1-6(3-4-10)11(2)5-7(8)9/h6-7H,3,5H2,1-2H3. The molecule has 0 aromatic rings. The molecule has 11 heavy (non-hydrogen) atoms. The first-order chi connectivity index (χ1) is 5.07. The van der Waals surface area contributed by atoms with Gasteiger partial charge in [-0.15, -0.1) is 0 Å². The summed E-state index contributed by atoms with van der Waals surface area (Å²) in [5.41, 5.74) is 0. The third-order valence-corrected chi connectivity index (χ3v) is 1.57. The van der Waals surface area contributed by atoms with Crippen molar-refractivity contribution < 1.29 is 8.78 Å². The van der Waals surface area contributed by atoms with Crippen molar-refractivity contribution in [3.05, 3.63) is 0 Å². The molecule has 4 heteroatoms. The lowest BCUT2D eigenvalue weighted by molar-refractivity contribution is 0.0851. The van der Waals surface area contributed by atoms with E-state index in [1.165, 1.54) is 4.90 Å². The van der Waals surface area contributed by atoms with Gasteiger partial charge in [-0.3, -0.25) is 4.90 Å². The first-order valence-corrected chi connectivity index (χ1v) is 3.43. The Hall–Kier alpha value is -0.690. The Labute approximate surface area is 65.4 Å². The van der Waals surface area contributed by atoms with Gasteiger partial charge in [0, 0.05) is 6.04 Å². The highest BCUT2D eigenvalue weighted by Crippen LogP contribution is 2.03. The number of hydrogen-bond acceptors (Lipinski definition) is 2. The average molecular weight is 162 g/mol. The lowest BCUT2D eigenvalue weighted by atomic mass is 10.2. The van der Waals surface area contributed by atoms with Gasteiger partial charge in [0.05, 0.1) is 19.0 Å². The van der Waals surface area contributed by atoms with Crippen LogP contribution >= 0.6 is 0 Å². The highest BCUT2D eigenvalue weighted by atomic mass is 19.3. The highest BCUT2D eigenvalue weighted by Gasteiger charge is 2.12. The molecule has 0 spiro atoms. The van der Waals surface area contributed by atoms with Gasteiger partial charge in [0.1, 0.15) is 0 Å². The van der Waals surface area contributed by atoms with E-state index in [9.17, 15) is 8.78 Å². The van der Waals surface area contributed by atoms with E-state index in [0.29, 0.717) is 6.42 Å². The van der Waals surface area contributed by atoms with Crippen molar-refractivity contribution in [3.63, 3.8) is 0 Å². The van der Waals surface area contributed by atoms with Crippen LogP contribution in [0.5, 0.6) is 0 Å². The monoisotopic (exact) mass is 162 g/mol. The summed E-state index contributed by atoms with van der Waals surface area (Å²) in [6, 6.07) is 1.85. The molecule has 0 saturated heterocycles. The SMILES string of the molecule is CC(CC#N)N(C)CC(F)F. The van der Waals surface area contributed by atoms with Crippen molar-refractivity contribution in [2.75, 3.05) is 13.6 Å². The summed E-state index contributed by atoms with van der Waals surface area (Å²) < 4.78 is 23.5. The minimum atomic E-state index is -2.32. The molecule has 0 radical (unpaired) electrons. The second-order valence-electron chi connectivity index (χ2n) is 2.54. The van der Waals surface area contributed by atoms with Crippen LogP contribution in [-0.4, -0.2) is 31.0 Å². The molecule has 1 atom stereocenters. The zero-order chi connectivity index (χ0) is 8.85. The minimum Gasteiger partial charge on any atom is -0.297 e. The average Bonchev–Trinajstić information content (AvgIpc) is 1.86. The Morgan fingerprint density at radius 1 is 1.55 bits per heavy atom. The van der Waals surface area contributed by atoms with E-state index in [-0.39, 0.29) is 12.6 Å². The molecule has 2 nitrogen and oxygen atoms in total. The lowest BCUT2D eigenvalue weighted by Gasteiger charge is -2.21. The molecule has 0 fully saturated rings. The molecule has 0 bridgehead atoms. The van der Waals surface area contributed by atoms with Gasteiger partial charge in [-0.25, -0.2) is 8.78 Å². The molecule has 0 saturated carbocycles. The van der Waals surface area contributed by atoms with Gasteiger partial charge in [0.15, 0.2) is 0 Å². The zero-order valence-electron chi connectivity index (χ0n) is 6.72. The summed E-state index contributed by atoms with van der Waals surface area (Å²) in [4.78, 5) is 1.48. The fourth-order valence-corrected chi connectivity index (χ4v) is 0.686. The lowest BCUT2D eigenvalue weighted by Crippen LogP contribution is -2.32. The van der Waals surface area contributed by atoms with Gasteiger partial charge in [0.2, 0.25) is 0 Å². The molecule has 0 heterocycles. The Balaban J connectivity index is 3.65. The molecule has 1 unspecified atom stereocenters. The van der Waals surface area contributed by atoms with Gasteiger partial charge in [0.25, 0.3) is 6.43 Å². The molecular weight excluding hydrogens is 150 g/mol. The number of hydrogen-bond donors (Lipinski definition) is 0. The predicted molar refractivity (Wildman–Crippen MR) is 38.3 cm³/mol. The first kappa shape index (κ1) is 10.3. The second-order valence-corrected chi connectivity index (χ2v) is 2.54. The van der Waals surface area contributed by atoms with E-state index in [2.05, 4.69) is 0 Å². The molecule has 0 aromatic carbocycles. The normalized spacial score (nSPS) is 13.5. The molecule has 0 rings (SSSR count). The Bertz CT molecular complexity index is 142.